The lowest BCUT2D eigenvalue weighted by Crippen LogP contribution is -2.35. The SMILES string of the molecule is NCC1(Cc2cc(F)ccc2Cl)CCc2ccccc21. The largest absolute Gasteiger partial charge is 0.330 e. The Balaban J connectivity index is 2.02. The first-order valence-electron chi connectivity index (χ1n) is 6.87. The van der Waals surface area contributed by atoms with Gasteiger partial charge in [0.05, 0.1) is 0 Å². The van der Waals surface area contributed by atoms with Crippen LogP contribution in [0.15, 0.2) is 42.5 Å². The lowest BCUT2D eigenvalue weighted by Gasteiger charge is -2.29. The van der Waals surface area contributed by atoms with Crippen LogP contribution in [-0.4, -0.2) is 6.54 Å². The number of hydrogen-bond donors (Lipinski definition) is 1. The molecule has 2 aromatic rings. The van der Waals surface area contributed by atoms with Gasteiger partial charge in [0.1, 0.15) is 5.82 Å². The molecule has 104 valence electrons. The van der Waals surface area contributed by atoms with Gasteiger partial charge in [-0.15, -0.1) is 0 Å². The fourth-order valence-electron chi connectivity index (χ4n) is 3.28. The zero-order valence-electron chi connectivity index (χ0n) is 11.2. The maximum atomic E-state index is 13.5. The molecule has 0 bridgehead atoms. The summed E-state index contributed by atoms with van der Waals surface area (Å²) in [7, 11) is 0. The Kier molecular flexibility index (Phi) is 3.53. The van der Waals surface area contributed by atoms with E-state index in [0.29, 0.717) is 18.0 Å². The Morgan fingerprint density at radius 1 is 1.20 bits per heavy atom. The van der Waals surface area contributed by atoms with Crippen LogP contribution < -0.4 is 5.73 Å². The Labute approximate surface area is 123 Å². The van der Waals surface area contributed by atoms with E-state index in [1.54, 1.807) is 6.07 Å². The summed E-state index contributed by atoms with van der Waals surface area (Å²) >= 11 is 6.21. The van der Waals surface area contributed by atoms with Gasteiger partial charge in [-0.05, 0) is 54.2 Å². The number of halogens is 2. The van der Waals surface area contributed by atoms with Crippen molar-refractivity contribution in [2.75, 3.05) is 6.54 Å². The Morgan fingerprint density at radius 2 is 2.00 bits per heavy atom. The van der Waals surface area contributed by atoms with Crippen molar-refractivity contribution in [3.05, 3.63) is 70.0 Å². The molecule has 0 fully saturated rings. The standard InChI is InChI=1S/C17H17ClFN/c18-16-6-5-14(19)9-13(16)10-17(11-20)8-7-12-3-1-2-4-15(12)17/h1-6,9H,7-8,10-11,20H2. The van der Waals surface area contributed by atoms with Crippen molar-refractivity contribution in [1.29, 1.82) is 0 Å². The highest BCUT2D eigenvalue weighted by Gasteiger charge is 2.37. The zero-order valence-corrected chi connectivity index (χ0v) is 12.0. The third-order valence-electron chi connectivity index (χ3n) is 4.39. The van der Waals surface area contributed by atoms with Crippen molar-refractivity contribution in [1.82, 2.24) is 0 Å². The second-order valence-electron chi connectivity index (χ2n) is 5.55. The molecule has 1 unspecified atom stereocenters. The highest BCUT2D eigenvalue weighted by atomic mass is 35.5. The molecule has 20 heavy (non-hydrogen) atoms. The van der Waals surface area contributed by atoms with Crippen LogP contribution in [0.1, 0.15) is 23.1 Å². The van der Waals surface area contributed by atoms with Gasteiger partial charge in [0.25, 0.3) is 0 Å². The lowest BCUT2D eigenvalue weighted by atomic mass is 9.76. The van der Waals surface area contributed by atoms with Crippen molar-refractivity contribution >= 4 is 11.6 Å². The van der Waals surface area contributed by atoms with E-state index in [2.05, 4.69) is 18.2 Å². The van der Waals surface area contributed by atoms with Crippen LogP contribution in [0.5, 0.6) is 0 Å². The molecule has 1 atom stereocenters. The maximum absolute atomic E-state index is 13.5. The monoisotopic (exact) mass is 289 g/mol. The average Bonchev–Trinajstić information content (AvgIpc) is 2.83. The first-order chi connectivity index (χ1) is 9.64. The Hall–Kier alpha value is -1.38. The number of rotatable bonds is 3. The molecule has 2 N–H and O–H groups in total. The number of aryl methyl sites for hydroxylation is 1. The van der Waals surface area contributed by atoms with E-state index in [1.165, 1.54) is 23.3 Å². The summed E-state index contributed by atoms with van der Waals surface area (Å²) in [6, 6.07) is 12.9. The maximum Gasteiger partial charge on any atom is 0.123 e. The van der Waals surface area contributed by atoms with Crippen molar-refractivity contribution in [2.45, 2.75) is 24.7 Å². The third-order valence-corrected chi connectivity index (χ3v) is 4.76. The number of nitrogens with two attached hydrogens (primary N) is 1. The van der Waals surface area contributed by atoms with E-state index < -0.39 is 0 Å². The van der Waals surface area contributed by atoms with E-state index >= 15 is 0 Å². The lowest BCUT2D eigenvalue weighted by molar-refractivity contribution is 0.431. The second-order valence-corrected chi connectivity index (χ2v) is 5.96. The smallest absolute Gasteiger partial charge is 0.123 e. The minimum atomic E-state index is -0.247. The predicted octanol–water partition coefficient (Wildman–Crippen LogP) is 3.86. The highest BCUT2D eigenvalue weighted by molar-refractivity contribution is 6.31. The number of hydrogen-bond acceptors (Lipinski definition) is 1. The molecule has 0 saturated carbocycles. The van der Waals surface area contributed by atoms with E-state index in [9.17, 15) is 4.39 Å². The van der Waals surface area contributed by atoms with Gasteiger partial charge >= 0.3 is 0 Å². The molecular formula is C17H17ClFN. The van der Waals surface area contributed by atoms with E-state index in [1.807, 2.05) is 6.07 Å². The zero-order chi connectivity index (χ0) is 14.2. The summed E-state index contributed by atoms with van der Waals surface area (Å²) < 4.78 is 13.5. The van der Waals surface area contributed by atoms with Gasteiger partial charge in [-0.2, -0.15) is 0 Å². The van der Waals surface area contributed by atoms with Crippen LogP contribution in [0.3, 0.4) is 0 Å². The van der Waals surface area contributed by atoms with Crippen molar-refractivity contribution in [3.63, 3.8) is 0 Å². The molecule has 0 spiro atoms. The first-order valence-corrected chi connectivity index (χ1v) is 7.25. The van der Waals surface area contributed by atoms with Crippen molar-refractivity contribution in [3.8, 4) is 0 Å². The van der Waals surface area contributed by atoms with Gasteiger partial charge in [-0.3, -0.25) is 0 Å². The molecule has 0 heterocycles. The average molecular weight is 290 g/mol. The topological polar surface area (TPSA) is 26.0 Å². The van der Waals surface area contributed by atoms with Gasteiger partial charge < -0.3 is 5.73 Å². The summed E-state index contributed by atoms with van der Waals surface area (Å²) in [6.07, 6.45) is 2.72. The van der Waals surface area contributed by atoms with Crippen LogP contribution in [0.4, 0.5) is 4.39 Å². The molecule has 1 aliphatic rings. The molecule has 3 heteroatoms. The predicted molar refractivity (Wildman–Crippen MR) is 80.6 cm³/mol. The van der Waals surface area contributed by atoms with E-state index in [-0.39, 0.29) is 11.2 Å². The van der Waals surface area contributed by atoms with Gasteiger partial charge in [0.2, 0.25) is 0 Å². The van der Waals surface area contributed by atoms with Crippen LogP contribution in [0, 0.1) is 5.82 Å². The molecule has 0 aromatic heterocycles. The molecule has 1 nitrogen and oxygen atoms in total. The van der Waals surface area contributed by atoms with Crippen LogP contribution >= 0.6 is 11.6 Å². The van der Waals surface area contributed by atoms with Crippen LogP contribution in [0.25, 0.3) is 0 Å². The summed E-state index contributed by atoms with van der Waals surface area (Å²) in [5.41, 5.74) is 9.45. The fourth-order valence-corrected chi connectivity index (χ4v) is 3.46. The van der Waals surface area contributed by atoms with Gasteiger partial charge in [0.15, 0.2) is 0 Å². The molecular weight excluding hydrogens is 273 g/mol. The van der Waals surface area contributed by atoms with E-state index in [0.717, 1.165) is 18.4 Å². The first kappa shape index (κ1) is 13.6. The van der Waals surface area contributed by atoms with Crippen molar-refractivity contribution < 1.29 is 4.39 Å². The minimum Gasteiger partial charge on any atom is -0.330 e. The van der Waals surface area contributed by atoms with Crippen LogP contribution in [0.2, 0.25) is 5.02 Å². The van der Waals surface area contributed by atoms with Crippen molar-refractivity contribution in [2.24, 2.45) is 5.73 Å². The van der Waals surface area contributed by atoms with Gasteiger partial charge in [-0.1, -0.05) is 35.9 Å². The van der Waals surface area contributed by atoms with E-state index in [4.69, 9.17) is 17.3 Å². The van der Waals surface area contributed by atoms with Gasteiger partial charge in [0, 0.05) is 17.0 Å². The number of benzene rings is 2. The number of fused-ring (bicyclic) bond motifs is 1. The normalized spacial score (nSPS) is 20.9. The highest BCUT2D eigenvalue weighted by Crippen LogP contribution is 2.41. The molecule has 0 saturated heterocycles. The molecule has 3 rings (SSSR count). The van der Waals surface area contributed by atoms with Gasteiger partial charge in [-0.25, -0.2) is 4.39 Å². The Bertz CT molecular complexity index is 641. The molecule has 0 radical (unpaired) electrons. The summed E-state index contributed by atoms with van der Waals surface area (Å²) in [4.78, 5) is 0. The molecule has 1 aliphatic carbocycles. The fraction of sp³-hybridized carbons (Fsp3) is 0.294. The molecule has 2 aromatic carbocycles. The molecule has 0 aliphatic heterocycles. The Morgan fingerprint density at radius 3 is 2.80 bits per heavy atom. The third kappa shape index (κ3) is 2.23. The summed E-state index contributed by atoms with van der Waals surface area (Å²) in [5, 5.41) is 0.614. The molecule has 0 amide bonds. The quantitative estimate of drug-likeness (QED) is 0.912. The summed E-state index contributed by atoms with van der Waals surface area (Å²) in [6.45, 7) is 0.552. The summed E-state index contributed by atoms with van der Waals surface area (Å²) in [5.74, 6) is -0.247. The second kappa shape index (κ2) is 5.19. The van der Waals surface area contributed by atoms with Crippen LogP contribution in [-0.2, 0) is 18.3 Å². The minimum absolute atomic E-state index is 0.117.